The number of ether oxygens (including phenoxy) is 2. The quantitative estimate of drug-likeness (QED) is 0.707. The third-order valence-corrected chi connectivity index (χ3v) is 5.62. The number of amides is 2. The number of carbonyl (C=O) groups is 2. The molecule has 3 aliphatic heterocycles. The smallest absolute Gasteiger partial charge is 0.260 e. The van der Waals surface area contributed by atoms with Gasteiger partial charge in [-0.3, -0.25) is 9.59 Å². The minimum atomic E-state index is -0.561. The molecule has 0 unspecified atom stereocenters. The third-order valence-electron chi connectivity index (χ3n) is 5.62. The standard InChI is InChI=1S/C22H22N2O4/c25-21-19-15-7-1-3-9-17(15)23(21)11-5-14-28-20-16-8-2-4-10-18(16)24(22(20)26)12-6-13-27-19/h1-4,7-10,19-20H,5-6,11-14H2/t19-,20+. The molecular weight excluding hydrogens is 356 g/mol. The fourth-order valence-corrected chi connectivity index (χ4v) is 4.33. The van der Waals surface area contributed by atoms with Crippen molar-refractivity contribution in [3.8, 4) is 0 Å². The average Bonchev–Trinajstić information content (AvgIpc) is 3.13. The van der Waals surface area contributed by atoms with Crippen molar-refractivity contribution in [3.05, 3.63) is 59.7 Å². The fourth-order valence-electron chi connectivity index (χ4n) is 4.33. The second-order valence-corrected chi connectivity index (χ2v) is 7.31. The second-order valence-electron chi connectivity index (χ2n) is 7.31. The zero-order chi connectivity index (χ0) is 19.1. The Balaban J connectivity index is 1.42. The maximum absolute atomic E-state index is 12.9. The van der Waals surface area contributed by atoms with Crippen LogP contribution in [-0.2, 0) is 19.1 Å². The molecule has 28 heavy (non-hydrogen) atoms. The normalized spacial score (nSPS) is 24.7. The Hall–Kier alpha value is -2.70. The van der Waals surface area contributed by atoms with Gasteiger partial charge in [0, 0.05) is 37.4 Å². The molecule has 2 aromatic rings. The van der Waals surface area contributed by atoms with Crippen molar-refractivity contribution in [1.29, 1.82) is 0 Å². The molecule has 3 heterocycles. The van der Waals surface area contributed by atoms with Crippen LogP contribution in [0, 0.1) is 0 Å². The van der Waals surface area contributed by atoms with Crippen molar-refractivity contribution in [2.45, 2.75) is 25.0 Å². The van der Waals surface area contributed by atoms with Crippen LogP contribution in [0.4, 0.5) is 11.4 Å². The highest BCUT2D eigenvalue weighted by Gasteiger charge is 2.40. The maximum Gasteiger partial charge on any atom is 0.260 e. The van der Waals surface area contributed by atoms with Gasteiger partial charge in [-0.25, -0.2) is 0 Å². The lowest BCUT2D eigenvalue weighted by Crippen LogP contribution is -2.34. The topological polar surface area (TPSA) is 59.1 Å². The van der Waals surface area contributed by atoms with E-state index < -0.39 is 12.2 Å². The average molecular weight is 378 g/mol. The number of carbonyl (C=O) groups excluding carboxylic acids is 2. The second kappa shape index (κ2) is 7.04. The molecule has 0 radical (unpaired) electrons. The number of benzene rings is 2. The predicted octanol–water partition coefficient (Wildman–Crippen LogP) is 2.99. The number of nitrogens with zero attached hydrogens (tertiary/aromatic N) is 2. The molecule has 0 aromatic heterocycles. The van der Waals surface area contributed by atoms with E-state index in [1.807, 2.05) is 48.5 Å². The molecule has 4 bridgehead atoms. The van der Waals surface area contributed by atoms with E-state index in [-0.39, 0.29) is 11.8 Å². The highest BCUT2D eigenvalue weighted by atomic mass is 16.5. The molecule has 5 rings (SSSR count). The summed E-state index contributed by atoms with van der Waals surface area (Å²) in [5.41, 5.74) is 3.68. The summed E-state index contributed by atoms with van der Waals surface area (Å²) in [7, 11) is 0. The van der Waals surface area contributed by atoms with Gasteiger partial charge in [-0.15, -0.1) is 0 Å². The largest absolute Gasteiger partial charge is 0.363 e. The molecule has 0 aliphatic carbocycles. The van der Waals surface area contributed by atoms with E-state index in [9.17, 15) is 9.59 Å². The van der Waals surface area contributed by atoms with Crippen molar-refractivity contribution < 1.29 is 19.1 Å². The predicted molar refractivity (Wildman–Crippen MR) is 104 cm³/mol. The zero-order valence-corrected chi connectivity index (χ0v) is 15.5. The van der Waals surface area contributed by atoms with Crippen molar-refractivity contribution in [1.82, 2.24) is 0 Å². The Morgan fingerprint density at radius 3 is 1.57 bits per heavy atom. The Labute approximate surface area is 163 Å². The number of rotatable bonds is 0. The Morgan fingerprint density at radius 1 is 0.679 bits per heavy atom. The van der Waals surface area contributed by atoms with Crippen molar-refractivity contribution >= 4 is 23.2 Å². The lowest BCUT2D eigenvalue weighted by Gasteiger charge is -2.21. The van der Waals surface area contributed by atoms with Gasteiger partial charge in [0.1, 0.15) is 0 Å². The van der Waals surface area contributed by atoms with Crippen LogP contribution in [-0.4, -0.2) is 38.1 Å². The first-order valence-corrected chi connectivity index (χ1v) is 9.79. The van der Waals surface area contributed by atoms with Crippen LogP contribution in [0.5, 0.6) is 0 Å². The number of hydrogen-bond acceptors (Lipinski definition) is 4. The monoisotopic (exact) mass is 378 g/mol. The summed E-state index contributed by atoms with van der Waals surface area (Å²) < 4.78 is 12.0. The maximum atomic E-state index is 12.9. The van der Waals surface area contributed by atoms with Crippen LogP contribution < -0.4 is 9.80 Å². The lowest BCUT2D eigenvalue weighted by molar-refractivity contribution is -0.131. The molecule has 6 heteroatoms. The van der Waals surface area contributed by atoms with Crippen molar-refractivity contribution in [2.24, 2.45) is 0 Å². The van der Waals surface area contributed by atoms with Crippen LogP contribution in [0.2, 0.25) is 0 Å². The molecule has 2 amide bonds. The summed E-state index contributed by atoms with van der Waals surface area (Å²) in [5, 5.41) is 0. The van der Waals surface area contributed by atoms with E-state index in [4.69, 9.17) is 9.47 Å². The number of anilines is 2. The fraction of sp³-hybridized carbons (Fsp3) is 0.364. The van der Waals surface area contributed by atoms with Gasteiger partial charge in [-0.1, -0.05) is 36.4 Å². The van der Waals surface area contributed by atoms with Gasteiger partial charge in [0.25, 0.3) is 11.8 Å². The molecule has 6 nitrogen and oxygen atoms in total. The summed E-state index contributed by atoms with van der Waals surface area (Å²) in [6.45, 7) is 1.91. The third kappa shape index (κ3) is 2.72. The Kier molecular flexibility index (Phi) is 4.37. The number of fused-ring (bicyclic) bond motifs is 10. The molecule has 1 fully saturated rings. The van der Waals surface area contributed by atoms with Gasteiger partial charge in [-0.2, -0.15) is 0 Å². The van der Waals surface area contributed by atoms with Gasteiger partial charge in [0.15, 0.2) is 12.2 Å². The molecular formula is C22H22N2O4. The van der Waals surface area contributed by atoms with E-state index in [2.05, 4.69) is 0 Å². The molecule has 0 saturated carbocycles. The molecule has 2 aromatic carbocycles. The summed E-state index contributed by atoms with van der Waals surface area (Å²) in [4.78, 5) is 29.4. The van der Waals surface area contributed by atoms with Gasteiger partial charge < -0.3 is 19.3 Å². The van der Waals surface area contributed by atoms with E-state index in [0.29, 0.717) is 39.1 Å². The summed E-state index contributed by atoms with van der Waals surface area (Å²) in [6.07, 6.45) is 0.182. The highest BCUT2D eigenvalue weighted by Crippen LogP contribution is 2.40. The first kappa shape index (κ1) is 17.4. The van der Waals surface area contributed by atoms with Gasteiger partial charge in [-0.05, 0) is 25.0 Å². The molecule has 0 N–H and O–H groups in total. The SMILES string of the molecule is O=C1[C@H]2OCCCN3C(=O)[C@H](OCCCN1c1ccccc12)c1ccccc13. The zero-order valence-electron chi connectivity index (χ0n) is 15.5. The van der Waals surface area contributed by atoms with Gasteiger partial charge in [0.05, 0.1) is 11.4 Å². The lowest BCUT2D eigenvalue weighted by atomic mass is 10.1. The minimum Gasteiger partial charge on any atom is -0.363 e. The Morgan fingerprint density at radius 2 is 1.11 bits per heavy atom. The van der Waals surface area contributed by atoms with E-state index in [1.54, 1.807) is 9.80 Å². The minimum absolute atomic E-state index is 0.0131. The summed E-state index contributed by atoms with van der Waals surface area (Å²) in [6, 6.07) is 15.6. The number of hydrogen-bond donors (Lipinski definition) is 0. The Bertz CT molecular complexity index is 783. The number of para-hydroxylation sites is 2. The van der Waals surface area contributed by atoms with Gasteiger partial charge >= 0.3 is 0 Å². The van der Waals surface area contributed by atoms with E-state index in [0.717, 1.165) is 22.5 Å². The highest BCUT2D eigenvalue weighted by molar-refractivity contribution is 6.04. The molecule has 2 atom stereocenters. The summed E-state index contributed by atoms with van der Waals surface area (Å²) in [5.74, 6) is -0.0261. The molecule has 1 saturated heterocycles. The molecule has 0 spiro atoms. The first-order valence-electron chi connectivity index (χ1n) is 9.79. The van der Waals surface area contributed by atoms with Crippen molar-refractivity contribution in [3.63, 3.8) is 0 Å². The van der Waals surface area contributed by atoms with Crippen LogP contribution in [0.3, 0.4) is 0 Å². The van der Waals surface area contributed by atoms with Crippen molar-refractivity contribution in [2.75, 3.05) is 36.1 Å². The molecule has 144 valence electrons. The molecule has 3 aliphatic rings. The van der Waals surface area contributed by atoms with Crippen LogP contribution in [0.15, 0.2) is 48.5 Å². The first-order chi connectivity index (χ1) is 13.8. The van der Waals surface area contributed by atoms with Crippen LogP contribution >= 0.6 is 0 Å². The van der Waals surface area contributed by atoms with E-state index >= 15 is 0 Å². The summed E-state index contributed by atoms with van der Waals surface area (Å²) >= 11 is 0. The van der Waals surface area contributed by atoms with Crippen LogP contribution in [0.1, 0.15) is 36.2 Å². The van der Waals surface area contributed by atoms with Gasteiger partial charge in [0.2, 0.25) is 0 Å². The van der Waals surface area contributed by atoms with E-state index in [1.165, 1.54) is 0 Å². The van der Waals surface area contributed by atoms with Crippen LogP contribution in [0.25, 0.3) is 0 Å².